The van der Waals surface area contributed by atoms with Crippen molar-refractivity contribution in [3.8, 4) is 0 Å². The van der Waals surface area contributed by atoms with E-state index in [1.807, 2.05) is 51.1 Å². The second-order valence-corrected chi connectivity index (χ2v) is 5.05. The Balaban J connectivity index is 2.87. The molecule has 0 aliphatic carbocycles. The van der Waals surface area contributed by atoms with Crippen LogP contribution in [-0.2, 0) is 11.3 Å². The normalized spacial score (nSPS) is 12.1. The van der Waals surface area contributed by atoms with Crippen LogP contribution in [0.1, 0.15) is 26.3 Å². The van der Waals surface area contributed by atoms with Crippen molar-refractivity contribution in [1.82, 2.24) is 4.90 Å². The van der Waals surface area contributed by atoms with Gasteiger partial charge in [-0.3, -0.25) is 4.90 Å². The molecule has 1 amide bonds. The fraction of sp³-hybridized carbons (Fsp3) is 0.385. The second kappa shape index (κ2) is 6.08. The minimum atomic E-state index is -0.661. The lowest BCUT2D eigenvalue weighted by Crippen LogP contribution is -2.46. The Morgan fingerprint density at radius 3 is 2.42 bits per heavy atom. The van der Waals surface area contributed by atoms with Crippen LogP contribution in [0.25, 0.3) is 0 Å². The van der Waals surface area contributed by atoms with Gasteiger partial charge in [0.25, 0.3) is 0 Å². The van der Waals surface area contributed by atoms with Crippen LogP contribution < -0.4 is 5.73 Å². The van der Waals surface area contributed by atoms with E-state index < -0.39 is 17.7 Å². The van der Waals surface area contributed by atoms with E-state index in [2.05, 4.69) is 5.16 Å². The molecule has 19 heavy (non-hydrogen) atoms. The molecule has 0 saturated heterocycles. The number of ether oxygens (including phenoxy) is 1. The highest BCUT2D eigenvalue weighted by Crippen LogP contribution is 2.18. The molecule has 1 rings (SSSR count). The fourth-order valence-corrected chi connectivity index (χ4v) is 1.51. The number of hydrogen-bond acceptors (Lipinski definition) is 4. The largest absolute Gasteiger partial charge is 0.418 e. The molecule has 104 valence electrons. The van der Waals surface area contributed by atoms with Gasteiger partial charge in [-0.1, -0.05) is 30.3 Å². The number of carbonyl (C=O) groups excluding carboxylic acids is 1. The summed E-state index contributed by atoms with van der Waals surface area (Å²) < 4.78 is 4.73. The molecule has 0 saturated carbocycles. The number of hydrogen-bond donors (Lipinski definition) is 2. The number of carbonyl (C=O) groups is 1. The summed E-state index contributed by atoms with van der Waals surface area (Å²) in [5.74, 6) is 0. The van der Waals surface area contributed by atoms with Crippen LogP contribution >= 0.6 is 0 Å². The quantitative estimate of drug-likeness (QED) is 0.371. The summed E-state index contributed by atoms with van der Waals surface area (Å²) in [6.07, 6.45) is -0.661. The zero-order chi connectivity index (χ0) is 14.5. The first-order valence-corrected chi connectivity index (χ1v) is 5.85. The number of amidine groups is 1. The topological polar surface area (TPSA) is 88.2 Å². The summed E-state index contributed by atoms with van der Waals surface area (Å²) in [6, 6.07) is 8.94. The van der Waals surface area contributed by atoms with E-state index in [0.29, 0.717) is 6.54 Å². The minimum absolute atomic E-state index is 0.377. The zero-order valence-electron chi connectivity index (χ0n) is 11.3. The van der Waals surface area contributed by atoms with Gasteiger partial charge in [-0.15, -0.1) is 0 Å². The second-order valence-electron chi connectivity index (χ2n) is 5.05. The SMILES string of the molecule is CC(C)(C)N(Cc1ccccc1)C(=O)O/C(N)=N\O. The van der Waals surface area contributed by atoms with Gasteiger partial charge < -0.3 is 15.7 Å². The summed E-state index contributed by atoms with van der Waals surface area (Å²) in [7, 11) is 0. The van der Waals surface area contributed by atoms with Crippen LogP contribution in [-0.4, -0.2) is 27.8 Å². The van der Waals surface area contributed by atoms with Crippen molar-refractivity contribution in [2.75, 3.05) is 0 Å². The first-order chi connectivity index (χ1) is 8.84. The molecule has 0 bridgehead atoms. The molecule has 6 nitrogen and oxygen atoms in total. The van der Waals surface area contributed by atoms with Gasteiger partial charge in [0.2, 0.25) is 0 Å². The van der Waals surface area contributed by atoms with Gasteiger partial charge in [0.1, 0.15) is 0 Å². The van der Waals surface area contributed by atoms with Gasteiger partial charge in [0, 0.05) is 12.1 Å². The summed E-state index contributed by atoms with van der Waals surface area (Å²) in [6.45, 7) is 6.01. The van der Waals surface area contributed by atoms with Crippen LogP contribution in [0.3, 0.4) is 0 Å². The lowest BCUT2D eigenvalue weighted by atomic mass is 10.1. The average molecular weight is 265 g/mol. The number of oxime groups is 1. The van der Waals surface area contributed by atoms with Crippen molar-refractivity contribution in [3.05, 3.63) is 35.9 Å². The molecule has 3 N–H and O–H groups in total. The van der Waals surface area contributed by atoms with Crippen molar-refractivity contribution in [2.45, 2.75) is 32.9 Å². The number of benzene rings is 1. The Labute approximate surface area is 112 Å². The van der Waals surface area contributed by atoms with Gasteiger partial charge in [-0.2, -0.15) is 0 Å². The summed E-state index contributed by atoms with van der Waals surface area (Å²) in [4.78, 5) is 13.5. The van der Waals surface area contributed by atoms with E-state index >= 15 is 0 Å². The van der Waals surface area contributed by atoms with Crippen LogP contribution in [0.15, 0.2) is 35.5 Å². The lowest BCUT2D eigenvalue weighted by Gasteiger charge is -2.34. The third-order valence-electron chi connectivity index (χ3n) is 2.50. The molecule has 1 aromatic carbocycles. The van der Waals surface area contributed by atoms with Crippen molar-refractivity contribution >= 4 is 12.1 Å². The van der Waals surface area contributed by atoms with E-state index in [4.69, 9.17) is 15.7 Å². The minimum Gasteiger partial charge on any atom is -0.407 e. The highest BCUT2D eigenvalue weighted by Gasteiger charge is 2.28. The Kier molecular flexibility index (Phi) is 4.74. The molecule has 0 spiro atoms. The number of nitrogens with two attached hydrogens (primary N) is 1. The van der Waals surface area contributed by atoms with Crippen LogP contribution in [0.5, 0.6) is 0 Å². The van der Waals surface area contributed by atoms with E-state index in [-0.39, 0.29) is 0 Å². The van der Waals surface area contributed by atoms with Gasteiger partial charge >= 0.3 is 12.1 Å². The summed E-state index contributed by atoms with van der Waals surface area (Å²) in [5, 5.41) is 11.0. The number of nitrogens with zero attached hydrogens (tertiary/aromatic N) is 2. The third-order valence-corrected chi connectivity index (χ3v) is 2.50. The first kappa shape index (κ1) is 14.8. The molecule has 1 aromatic rings. The number of amides is 1. The maximum absolute atomic E-state index is 12.0. The van der Waals surface area contributed by atoms with Crippen LogP contribution in [0, 0.1) is 0 Å². The van der Waals surface area contributed by atoms with Gasteiger partial charge in [-0.25, -0.2) is 4.79 Å². The summed E-state index contributed by atoms with van der Waals surface area (Å²) in [5.41, 5.74) is 5.69. The third kappa shape index (κ3) is 4.50. The molecule has 0 aromatic heterocycles. The highest BCUT2D eigenvalue weighted by molar-refractivity contribution is 5.85. The average Bonchev–Trinajstić information content (AvgIpc) is 2.35. The van der Waals surface area contributed by atoms with E-state index in [0.717, 1.165) is 5.56 Å². The van der Waals surface area contributed by atoms with E-state index in [1.165, 1.54) is 4.90 Å². The molecular weight excluding hydrogens is 246 g/mol. The molecule has 6 heteroatoms. The van der Waals surface area contributed by atoms with Crippen molar-refractivity contribution in [1.29, 1.82) is 0 Å². The molecule has 0 unspecified atom stereocenters. The smallest absolute Gasteiger partial charge is 0.407 e. The maximum Gasteiger partial charge on any atom is 0.418 e. The molecule has 0 aliphatic rings. The van der Waals surface area contributed by atoms with E-state index in [1.54, 1.807) is 0 Å². The standard InChI is InChI=1S/C13H19N3O3/c1-13(2,3)16(12(17)19-11(14)15-18)9-10-7-5-4-6-8-10/h4-8,18H,9H2,1-3H3,(H2,14,15). The van der Waals surface area contributed by atoms with Crippen LogP contribution in [0.2, 0.25) is 0 Å². The Hall–Kier alpha value is -2.24. The highest BCUT2D eigenvalue weighted by atomic mass is 16.6. The van der Waals surface area contributed by atoms with Gasteiger partial charge in [-0.05, 0) is 31.5 Å². The monoisotopic (exact) mass is 265 g/mol. The van der Waals surface area contributed by atoms with Crippen molar-refractivity contribution in [2.24, 2.45) is 10.9 Å². The predicted molar refractivity (Wildman–Crippen MR) is 71.6 cm³/mol. The van der Waals surface area contributed by atoms with E-state index in [9.17, 15) is 4.79 Å². The maximum atomic E-state index is 12.0. The lowest BCUT2D eigenvalue weighted by molar-refractivity contribution is 0.0962. The molecule has 0 fully saturated rings. The Bertz CT molecular complexity index is 452. The molecule has 0 aliphatic heterocycles. The van der Waals surface area contributed by atoms with Crippen molar-refractivity contribution in [3.63, 3.8) is 0 Å². The van der Waals surface area contributed by atoms with Crippen LogP contribution in [0.4, 0.5) is 4.79 Å². The van der Waals surface area contributed by atoms with Crippen molar-refractivity contribution < 1.29 is 14.7 Å². The first-order valence-electron chi connectivity index (χ1n) is 5.85. The van der Waals surface area contributed by atoms with Gasteiger partial charge in [0.15, 0.2) is 0 Å². The Morgan fingerprint density at radius 2 is 1.95 bits per heavy atom. The molecule has 0 heterocycles. The Morgan fingerprint density at radius 1 is 1.37 bits per heavy atom. The number of rotatable bonds is 2. The summed E-state index contributed by atoms with van der Waals surface area (Å²) >= 11 is 0. The van der Waals surface area contributed by atoms with Gasteiger partial charge in [0.05, 0.1) is 0 Å². The zero-order valence-corrected chi connectivity index (χ0v) is 11.3. The molecule has 0 radical (unpaired) electrons. The molecular formula is C13H19N3O3. The fourth-order valence-electron chi connectivity index (χ4n) is 1.51. The predicted octanol–water partition coefficient (Wildman–Crippen LogP) is 2.13. The molecule has 0 atom stereocenters.